The van der Waals surface area contributed by atoms with E-state index in [1.165, 1.54) is 31.5 Å². The molecule has 1 aliphatic heterocycles. The Labute approximate surface area is 103 Å². The van der Waals surface area contributed by atoms with Gasteiger partial charge in [-0.25, -0.2) is 0 Å². The summed E-state index contributed by atoms with van der Waals surface area (Å²) >= 11 is 0. The number of aromatic nitrogens is 2. The van der Waals surface area contributed by atoms with Gasteiger partial charge >= 0.3 is 0 Å². The van der Waals surface area contributed by atoms with E-state index >= 15 is 0 Å². The highest BCUT2D eigenvalue weighted by atomic mass is 15.1. The SMILES string of the molecule is Cc1cc(CNCCN2CCCC2)c(C)nn1. The highest BCUT2D eigenvalue weighted by Crippen LogP contribution is 2.06. The van der Waals surface area contributed by atoms with Crippen molar-refractivity contribution >= 4 is 0 Å². The van der Waals surface area contributed by atoms with Crippen LogP contribution in [0.2, 0.25) is 0 Å². The van der Waals surface area contributed by atoms with Gasteiger partial charge in [0.1, 0.15) is 0 Å². The van der Waals surface area contributed by atoms with Crippen LogP contribution in [0.5, 0.6) is 0 Å². The van der Waals surface area contributed by atoms with Crippen LogP contribution in [0.4, 0.5) is 0 Å². The van der Waals surface area contributed by atoms with Crippen LogP contribution in [0.1, 0.15) is 29.8 Å². The summed E-state index contributed by atoms with van der Waals surface area (Å²) < 4.78 is 0. The lowest BCUT2D eigenvalue weighted by atomic mass is 10.2. The minimum atomic E-state index is 0.899. The molecule has 1 N–H and O–H groups in total. The van der Waals surface area contributed by atoms with E-state index in [1.54, 1.807) is 0 Å². The molecule has 17 heavy (non-hydrogen) atoms. The lowest BCUT2D eigenvalue weighted by molar-refractivity contribution is 0.335. The van der Waals surface area contributed by atoms with Crippen molar-refractivity contribution in [3.8, 4) is 0 Å². The minimum absolute atomic E-state index is 0.899. The normalized spacial score (nSPS) is 16.6. The third-order valence-corrected chi connectivity index (χ3v) is 3.32. The zero-order chi connectivity index (χ0) is 12.1. The Morgan fingerprint density at radius 1 is 1.24 bits per heavy atom. The molecule has 0 spiro atoms. The van der Waals surface area contributed by atoms with Gasteiger partial charge in [0, 0.05) is 19.6 Å². The molecule has 2 rings (SSSR count). The first kappa shape index (κ1) is 12.5. The number of likely N-dealkylation sites (tertiary alicyclic amines) is 1. The topological polar surface area (TPSA) is 41.0 Å². The fourth-order valence-corrected chi connectivity index (χ4v) is 2.25. The smallest absolute Gasteiger partial charge is 0.0645 e. The Kier molecular flexibility index (Phi) is 4.45. The molecule has 0 bridgehead atoms. The van der Waals surface area contributed by atoms with Crippen LogP contribution in [0, 0.1) is 13.8 Å². The fraction of sp³-hybridized carbons (Fsp3) is 0.692. The summed E-state index contributed by atoms with van der Waals surface area (Å²) in [6, 6.07) is 2.12. The van der Waals surface area contributed by atoms with E-state index < -0.39 is 0 Å². The summed E-state index contributed by atoms with van der Waals surface area (Å²) in [5, 5.41) is 11.7. The summed E-state index contributed by atoms with van der Waals surface area (Å²) in [6.45, 7) is 9.67. The van der Waals surface area contributed by atoms with Crippen LogP contribution >= 0.6 is 0 Å². The van der Waals surface area contributed by atoms with Crippen molar-refractivity contribution in [2.75, 3.05) is 26.2 Å². The number of nitrogens with one attached hydrogen (secondary N) is 1. The molecule has 1 fully saturated rings. The van der Waals surface area contributed by atoms with E-state index in [9.17, 15) is 0 Å². The summed E-state index contributed by atoms with van der Waals surface area (Å²) in [6.07, 6.45) is 2.74. The van der Waals surface area contributed by atoms with Crippen LogP contribution in [0.15, 0.2) is 6.07 Å². The maximum Gasteiger partial charge on any atom is 0.0645 e. The molecule has 0 aromatic carbocycles. The van der Waals surface area contributed by atoms with E-state index in [1.807, 2.05) is 13.8 Å². The Hall–Kier alpha value is -1.00. The van der Waals surface area contributed by atoms with Gasteiger partial charge in [0.15, 0.2) is 0 Å². The van der Waals surface area contributed by atoms with E-state index in [0.29, 0.717) is 0 Å². The van der Waals surface area contributed by atoms with E-state index in [4.69, 9.17) is 0 Å². The van der Waals surface area contributed by atoms with E-state index in [-0.39, 0.29) is 0 Å². The van der Waals surface area contributed by atoms with Crippen LogP contribution in [-0.4, -0.2) is 41.3 Å². The maximum absolute atomic E-state index is 4.13. The van der Waals surface area contributed by atoms with Gasteiger partial charge in [0.2, 0.25) is 0 Å². The molecule has 1 aromatic heterocycles. The first-order valence-corrected chi connectivity index (χ1v) is 6.48. The third kappa shape index (κ3) is 3.75. The van der Waals surface area contributed by atoms with Gasteiger partial charge in [0.05, 0.1) is 11.4 Å². The van der Waals surface area contributed by atoms with Crippen LogP contribution in [-0.2, 0) is 6.54 Å². The molecular weight excluding hydrogens is 212 g/mol. The van der Waals surface area contributed by atoms with Gasteiger partial charge < -0.3 is 10.2 Å². The molecular formula is C13H22N4. The minimum Gasteiger partial charge on any atom is -0.311 e. The molecule has 1 aliphatic rings. The predicted octanol–water partition coefficient (Wildman–Crippen LogP) is 1.28. The quantitative estimate of drug-likeness (QED) is 0.779. The van der Waals surface area contributed by atoms with Gasteiger partial charge in [-0.15, -0.1) is 0 Å². The number of nitrogens with zero attached hydrogens (tertiary/aromatic N) is 3. The van der Waals surface area contributed by atoms with Crippen molar-refractivity contribution in [3.05, 3.63) is 23.0 Å². The van der Waals surface area contributed by atoms with Gasteiger partial charge in [-0.05, 0) is 51.4 Å². The number of rotatable bonds is 5. The first-order chi connectivity index (χ1) is 8.25. The van der Waals surface area contributed by atoms with Crippen molar-refractivity contribution in [2.24, 2.45) is 0 Å². The van der Waals surface area contributed by atoms with Crippen LogP contribution in [0.25, 0.3) is 0 Å². The molecule has 4 heteroatoms. The highest BCUT2D eigenvalue weighted by Gasteiger charge is 2.10. The molecule has 1 aromatic rings. The average molecular weight is 234 g/mol. The van der Waals surface area contributed by atoms with Crippen LogP contribution < -0.4 is 5.32 Å². The summed E-state index contributed by atoms with van der Waals surface area (Å²) in [7, 11) is 0. The van der Waals surface area contributed by atoms with Crippen molar-refractivity contribution in [2.45, 2.75) is 33.2 Å². The van der Waals surface area contributed by atoms with E-state index in [0.717, 1.165) is 31.0 Å². The summed E-state index contributed by atoms with van der Waals surface area (Å²) in [5.41, 5.74) is 3.29. The molecule has 94 valence electrons. The Morgan fingerprint density at radius 3 is 2.76 bits per heavy atom. The predicted molar refractivity (Wildman–Crippen MR) is 68.9 cm³/mol. The average Bonchev–Trinajstić information content (AvgIpc) is 2.82. The molecule has 0 aliphatic carbocycles. The molecule has 2 heterocycles. The summed E-state index contributed by atoms with van der Waals surface area (Å²) in [5.74, 6) is 0. The molecule has 4 nitrogen and oxygen atoms in total. The number of aryl methyl sites for hydroxylation is 2. The van der Waals surface area contributed by atoms with Crippen molar-refractivity contribution < 1.29 is 0 Å². The Balaban J connectivity index is 1.72. The zero-order valence-corrected chi connectivity index (χ0v) is 10.9. The number of hydrogen-bond donors (Lipinski definition) is 1. The van der Waals surface area contributed by atoms with Crippen molar-refractivity contribution in [1.82, 2.24) is 20.4 Å². The van der Waals surface area contributed by atoms with Gasteiger partial charge in [0.25, 0.3) is 0 Å². The molecule has 0 radical (unpaired) electrons. The van der Waals surface area contributed by atoms with E-state index in [2.05, 4.69) is 26.5 Å². The lowest BCUT2D eigenvalue weighted by Crippen LogP contribution is -2.29. The first-order valence-electron chi connectivity index (χ1n) is 6.48. The monoisotopic (exact) mass is 234 g/mol. The number of hydrogen-bond acceptors (Lipinski definition) is 4. The highest BCUT2D eigenvalue weighted by molar-refractivity contribution is 5.19. The maximum atomic E-state index is 4.13. The zero-order valence-electron chi connectivity index (χ0n) is 10.9. The molecule has 0 amide bonds. The molecule has 0 unspecified atom stereocenters. The van der Waals surface area contributed by atoms with Gasteiger partial charge in [-0.1, -0.05) is 0 Å². The Bertz CT molecular complexity index is 358. The van der Waals surface area contributed by atoms with Crippen LogP contribution in [0.3, 0.4) is 0 Å². The second-order valence-corrected chi connectivity index (χ2v) is 4.82. The van der Waals surface area contributed by atoms with Crippen molar-refractivity contribution in [1.29, 1.82) is 0 Å². The van der Waals surface area contributed by atoms with Gasteiger partial charge in [-0.2, -0.15) is 10.2 Å². The molecule has 0 atom stereocenters. The third-order valence-electron chi connectivity index (χ3n) is 3.32. The van der Waals surface area contributed by atoms with Crippen molar-refractivity contribution in [3.63, 3.8) is 0 Å². The molecule has 1 saturated heterocycles. The second kappa shape index (κ2) is 6.07. The lowest BCUT2D eigenvalue weighted by Gasteiger charge is -2.15. The largest absolute Gasteiger partial charge is 0.311 e. The Morgan fingerprint density at radius 2 is 2.00 bits per heavy atom. The van der Waals surface area contributed by atoms with Gasteiger partial charge in [-0.3, -0.25) is 0 Å². The summed E-state index contributed by atoms with van der Waals surface area (Å²) in [4.78, 5) is 2.52. The second-order valence-electron chi connectivity index (χ2n) is 4.82. The fourth-order valence-electron chi connectivity index (χ4n) is 2.25. The molecule has 0 saturated carbocycles. The standard InChI is InChI=1S/C13H22N4/c1-11-9-13(12(2)16-15-11)10-14-5-8-17-6-3-4-7-17/h9,14H,3-8,10H2,1-2H3.